The lowest BCUT2D eigenvalue weighted by Gasteiger charge is -2.32. The summed E-state index contributed by atoms with van der Waals surface area (Å²) in [6, 6.07) is 10.5. The highest BCUT2D eigenvalue weighted by Crippen LogP contribution is 2.26. The van der Waals surface area contributed by atoms with Gasteiger partial charge >= 0.3 is 0 Å². The summed E-state index contributed by atoms with van der Waals surface area (Å²) >= 11 is 1.87. The average molecular weight is 426 g/mol. The predicted molar refractivity (Wildman–Crippen MR) is 122 cm³/mol. The number of carbonyl (C=O) groups is 1. The third-order valence-electron chi connectivity index (χ3n) is 5.90. The predicted octanol–water partition coefficient (Wildman–Crippen LogP) is 3.83. The van der Waals surface area contributed by atoms with E-state index >= 15 is 0 Å². The summed E-state index contributed by atoms with van der Waals surface area (Å²) in [4.78, 5) is 14.9. The number of halogens is 1. The first-order valence-electron chi connectivity index (χ1n) is 10.6. The second-order valence-corrected chi connectivity index (χ2v) is 9.27. The number of hydrogen-bond donors (Lipinski definition) is 2. The van der Waals surface area contributed by atoms with E-state index in [4.69, 9.17) is 5.73 Å². The Hall–Kier alpha value is -0.750. The van der Waals surface area contributed by atoms with Crippen molar-refractivity contribution in [3.05, 3.63) is 35.9 Å². The summed E-state index contributed by atoms with van der Waals surface area (Å²) in [6.45, 7) is 3.07. The van der Waals surface area contributed by atoms with Gasteiger partial charge < -0.3 is 11.1 Å². The van der Waals surface area contributed by atoms with Gasteiger partial charge in [0.2, 0.25) is 5.91 Å². The zero-order chi connectivity index (χ0) is 18.9. The molecule has 0 unspecified atom stereocenters. The third-order valence-corrected chi connectivity index (χ3v) is 7.20. The van der Waals surface area contributed by atoms with Gasteiger partial charge in [-0.3, -0.25) is 9.69 Å². The Bertz CT molecular complexity index is 560. The molecule has 1 saturated carbocycles. The fraction of sp³-hybridized carbons (Fsp3) is 0.682. The van der Waals surface area contributed by atoms with Crippen molar-refractivity contribution in [3.8, 4) is 0 Å². The van der Waals surface area contributed by atoms with Crippen LogP contribution in [0.2, 0.25) is 0 Å². The van der Waals surface area contributed by atoms with E-state index in [9.17, 15) is 4.79 Å². The van der Waals surface area contributed by atoms with Gasteiger partial charge in [-0.05, 0) is 42.9 Å². The topological polar surface area (TPSA) is 58.4 Å². The molecular formula is C22H36ClN3OS. The molecule has 1 atom stereocenters. The van der Waals surface area contributed by atoms with E-state index in [1.165, 1.54) is 43.4 Å². The van der Waals surface area contributed by atoms with Gasteiger partial charge in [-0.15, -0.1) is 12.4 Å². The Balaban J connectivity index is 0.00000280. The van der Waals surface area contributed by atoms with E-state index in [1.54, 1.807) is 0 Å². The van der Waals surface area contributed by atoms with Gasteiger partial charge in [-0.25, -0.2) is 0 Å². The number of rotatable bonds is 8. The van der Waals surface area contributed by atoms with Crippen LogP contribution in [-0.4, -0.2) is 47.5 Å². The van der Waals surface area contributed by atoms with Crippen LogP contribution in [0, 0.1) is 5.92 Å². The molecule has 158 valence electrons. The highest BCUT2D eigenvalue weighted by molar-refractivity contribution is 7.99. The van der Waals surface area contributed by atoms with Gasteiger partial charge in [0.1, 0.15) is 0 Å². The van der Waals surface area contributed by atoms with E-state index in [2.05, 4.69) is 40.5 Å². The quantitative estimate of drug-likeness (QED) is 0.664. The van der Waals surface area contributed by atoms with Crippen molar-refractivity contribution in [3.63, 3.8) is 0 Å². The normalized spacial score (nSPS) is 20.3. The number of amides is 1. The molecule has 4 nitrogen and oxygen atoms in total. The minimum absolute atomic E-state index is 0. The summed E-state index contributed by atoms with van der Waals surface area (Å²) in [7, 11) is 0. The monoisotopic (exact) mass is 425 g/mol. The fourth-order valence-corrected chi connectivity index (χ4v) is 5.38. The van der Waals surface area contributed by atoms with Gasteiger partial charge in [-0.2, -0.15) is 11.8 Å². The number of nitrogens with one attached hydrogen (secondary N) is 1. The lowest BCUT2D eigenvalue weighted by Crippen LogP contribution is -2.50. The molecule has 3 rings (SSSR count). The molecule has 1 amide bonds. The van der Waals surface area contributed by atoms with Crippen LogP contribution in [0.5, 0.6) is 0 Å². The second kappa shape index (κ2) is 12.7. The van der Waals surface area contributed by atoms with Gasteiger partial charge in [-0.1, -0.05) is 49.6 Å². The zero-order valence-electron chi connectivity index (χ0n) is 16.9. The Morgan fingerprint density at radius 3 is 2.46 bits per heavy atom. The first kappa shape index (κ1) is 23.5. The molecule has 3 N–H and O–H groups in total. The first-order chi connectivity index (χ1) is 13.2. The molecule has 28 heavy (non-hydrogen) atoms. The van der Waals surface area contributed by atoms with E-state index in [0.29, 0.717) is 0 Å². The van der Waals surface area contributed by atoms with Crippen LogP contribution in [-0.2, 0) is 11.3 Å². The molecule has 1 aromatic rings. The van der Waals surface area contributed by atoms with Crippen molar-refractivity contribution in [2.75, 3.05) is 24.6 Å². The zero-order valence-corrected chi connectivity index (χ0v) is 18.5. The van der Waals surface area contributed by atoms with E-state index < -0.39 is 0 Å². The van der Waals surface area contributed by atoms with E-state index in [0.717, 1.165) is 44.1 Å². The van der Waals surface area contributed by atoms with Crippen LogP contribution in [0.1, 0.15) is 50.5 Å². The number of nitrogens with zero attached hydrogens (tertiary/aromatic N) is 1. The first-order valence-corrected chi connectivity index (χ1v) is 11.8. The smallest absolute Gasteiger partial charge is 0.237 e. The number of likely N-dealkylation sites (tertiary alicyclic amines) is 1. The van der Waals surface area contributed by atoms with Gasteiger partial charge in [0.15, 0.2) is 0 Å². The standard InChI is InChI=1S/C22H35N3OS.ClH/c23-21(17-27-16-19-9-5-2-6-10-19)22(26)24-20-11-13-25(14-12-20)15-18-7-3-1-4-8-18;/h1,3-4,7-8,19-21H,2,5-6,9-17,23H2,(H,24,26);1H/t21-;/m0./s1. The Labute approximate surface area is 180 Å². The molecule has 1 aliphatic heterocycles. The molecule has 0 radical (unpaired) electrons. The van der Waals surface area contributed by atoms with Crippen LogP contribution >= 0.6 is 24.2 Å². The minimum atomic E-state index is -0.374. The second-order valence-electron chi connectivity index (χ2n) is 8.19. The number of benzene rings is 1. The number of nitrogens with two attached hydrogens (primary N) is 1. The highest BCUT2D eigenvalue weighted by atomic mass is 35.5. The number of carbonyl (C=O) groups excluding carboxylic acids is 1. The summed E-state index contributed by atoms with van der Waals surface area (Å²) in [6.07, 6.45) is 8.89. The Kier molecular flexibility index (Phi) is 10.7. The third kappa shape index (κ3) is 7.94. The lowest BCUT2D eigenvalue weighted by molar-refractivity contribution is -0.122. The van der Waals surface area contributed by atoms with Gasteiger partial charge in [0, 0.05) is 31.4 Å². The van der Waals surface area contributed by atoms with Crippen LogP contribution in [0.25, 0.3) is 0 Å². The SMILES string of the molecule is Cl.N[C@@H](CSCC1CCCCC1)C(=O)NC1CCN(Cc2ccccc2)CC1. The maximum Gasteiger partial charge on any atom is 0.237 e. The molecule has 0 spiro atoms. The van der Waals surface area contributed by atoms with Gasteiger partial charge in [0.05, 0.1) is 6.04 Å². The lowest BCUT2D eigenvalue weighted by atomic mass is 9.91. The number of piperidine rings is 1. The summed E-state index contributed by atoms with van der Waals surface area (Å²) in [5, 5.41) is 3.19. The molecule has 2 aliphatic rings. The van der Waals surface area contributed by atoms with Crippen molar-refractivity contribution < 1.29 is 4.79 Å². The fourth-order valence-electron chi connectivity index (χ4n) is 4.18. The minimum Gasteiger partial charge on any atom is -0.352 e. The summed E-state index contributed by atoms with van der Waals surface area (Å²) in [5.74, 6) is 2.79. The van der Waals surface area contributed by atoms with Crippen LogP contribution in [0.15, 0.2) is 30.3 Å². The Morgan fingerprint density at radius 2 is 1.79 bits per heavy atom. The van der Waals surface area contributed by atoms with Crippen LogP contribution in [0.3, 0.4) is 0 Å². The van der Waals surface area contributed by atoms with Crippen molar-refractivity contribution in [1.82, 2.24) is 10.2 Å². The maximum absolute atomic E-state index is 12.4. The largest absolute Gasteiger partial charge is 0.352 e. The van der Waals surface area contributed by atoms with Crippen LogP contribution in [0.4, 0.5) is 0 Å². The highest BCUT2D eigenvalue weighted by Gasteiger charge is 2.23. The molecular weight excluding hydrogens is 390 g/mol. The summed E-state index contributed by atoms with van der Waals surface area (Å²) < 4.78 is 0. The van der Waals surface area contributed by atoms with Crippen molar-refractivity contribution in [2.45, 2.75) is 63.6 Å². The molecule has 6 heteroatoms. The number of thioether (sulfide) groups is 1. The summed E-state index contributed by atoms with van der Waals surface area (Å²) in [5.41, 5.74) is 7.49. The van der Waals surface area contributed by atoms with E-state index in [-0.39, 0.29) is 30.4 Å². The van der Waals surface area contributed by atoms with Crippen molar-refractivity contribution >= 4 is 30.1 Å². The van der Waals surface area contributed by atoms with Crippen LogP contribution < -0.4 is 11.1 Å². The molecule has 1 saturated heterocycles. The Morgan fingerprint density at radius 1 is 1.11 bits per heavy atom. The van der Waals surface area contributed by atoms with Gasteiger partial charge in [0.25, 0.3) is 0 Å². The van der Waals surface area contributed by atoms with E-state index in [1.807, 2.05) is 11.8 Å². The molecule has 0 aromatic heterocycles. The molecule has 1 heterocycles. The average Bonchev–Trinajstić information content (AvgIpc) is 2.71. The van der Waals surface area contributed by atoms with Crippen molar-refractivity contribution in [1.29, 1.82) is 0 Å². The molecule has 2 fully saturated rings. The molecule has 1 aromatic carbocycles. The van der Waals surface area contributed by atoms with Crippen molar-refractivity contribution in [2.24, 2.45) is 11.7 Å². The molecule has 1 aliphatic carbocycles. The molecule has 0 bridgehead atoms. The number of hydrogen-bond acceptors (Lipinski definition) is 4. The maximum atomic E-state index is 12.4.